The summed E-state index contributed by atoms with van der Waals surface area (Å²) in [5.74, 6) is -0.706. The van der Waals surface area contributed by atoms with Gasteiger partial charge in [0, 0.05) is 11.3 Å². The van der Waals surface area contributed by atoms with Crippen molar-refractivity contribution in [1.29, 1.82) is 0 Å². The fourth-order valence-electron chi connectivity index (χ4n) is 1.99. The molecule has 0 aromatic heterocycles. The van der Waals surface area contributed by atoms with Gasteiger partial charge in [-0.05, 0) is 43.7 Å². The molecule has 0 aliphatic carbocycles. The van der Waals surface area contributed by atoms with Gasteiger partial charge in [0.05, 0.1) is 17.2 Å². The summed E-state index contributed by atoms with van der Waals surface area (Å²) in [4.78, 5) is 23.9. The van der Waals surface area contributed by atoms with E-state index in [0.29, 0.717) is 11.3 Å². The quantitative estimate of drug-likeness (QED) is 0.864. The molecule has 114 valence electrons. The van der Waals surface area contributed by atoms with Crippen LogP contribution >= 0.6 is 11.6 Å². The van der Waals surface area contributed by atoms with Crippen LogP contribution in [-0.4, -0.2) is 18.5 Å². The highest BCUT2D eigenvalue weighted by molar-refractivity contribution is 6.34. The molecule has 0 atom stereocenters. The molecule has 2 aromatic carbocycles. The van der Waals surface area contributed by atoms with Gasteiger partial charge in [0.15, 0.2) is 0 Å². The molecule has 0 aliphatic rings. The molecule has 0 spiro atoms. The highest BCUT2D eigenvalue weighted by atomic mass is 35.5. The van der Waals surface area contributed by atoms with Crippen molar-refractivity contribution < 1.29 is 14.3 Å². The first-order valence-corrected chi connectivity index (χ1v) is 7.24. The number of amides is 1. The average molecular weight is 318 g/mol. The fraction of sp³-hybridized carbons (Fsp3) is 0.176. The summed E-state index contributed by atoms with van der Waals surface area (Å²) in [5.41, 5.74) is 2.27. The lowest BCUT2D eigenvalue weighted by Crippen LogP contribution is -2.13. The molecule has 0 bridgehead atoms. The van der Waals surface area contributed by atoms with Gasteiger partial charge in [-0.15, -0.1) is 0 Å². The van der Waals surface area contributed by atoms with Crippen molar-refractivity contribution in [3.63, 3.8) is 0 Å². The van der Waals surface area contributed by atoms with Crippen molar-refractivity contribution in [3.8, 4) is 0 Å². The minimum atomic E-state index is -0.482. The summed E-state index contributed by atoms with van der Waals surface area (Å²) in [6.45, 7) is 3.87. The first-order valence-electron chi connectivity index (χ1n) is 6.86. The molecule has 0 aliphatic heterocycles. The Kier molecular flexibility index (Phi) is 5.17. The van der Waals surface area contributed by atoms with Gasteiger partial charge in [0.1, 0.15) is 0 Å². The lowest BCUT2D eigenvalue weighted by Gasteiger charge is -2.09. The number of hydrogen-bond acceptors (Lipinski definition) is 3. The molecule has 0 unspecified atom stereocenters. The summed E-state index contributed by atoms with van der Waals surface area (Å²) >= 11 is 6.07. The third-order valence-corrected chi connectivity index (χ3v) is 3.42. The maximum absolute atomic E-state index is 12.2. The Labute approximate surface area is 134 Å². The fourth-order valence-corrected chi connectivity index (χ4v) is 2.25. The molecule has 0 fully saturated rings. The predicted molar refractivity (Wildman–Crippen MR) is 86.5 cm³/mol. The minimum absolute atomic E-state index is 0.224. The van der Waals surface area contributed by atoms with Crippen LogP contribution in [0.2, 0.25) is 5.02 Å². The van der Waals surface area contributed by atoms with Crippen LogP contribution < -0.4 is 5.32 Å². The van der Waals surface area contributed by atoms with Gasteiger partial charge < -0.3 is 10.1 Å². The minimum Gasteiger partial charge on any atom is -0.462 e. The second-order valence-corrected chi connectivity index (χ2v) is 5.09. The molecule has 5 heteroatoms. The van der Waals surface area contributed by atoms with Gasteiger partial charge in [-0.3, -0.25) is 4.79 Å². The van der Waals surface area contributed by atoms with E-state index in [1.54, 1.807) is 25.1 Å². The number of anilines is 1. The van der Waals surface area contributed by atoms with Crippen molar-refractivity contribution >= 4 is 29.2 Å². The second-order valence-electron chi connectivity index (χ2n) is 4.68. The highest BCUT2D eigenvalue weighted by Gasteiger charge is 2.13. The van der Waals surface area contributed by atoms with Gasteiger partial charge in [-0.2, -0.15) is 0 Å². The van der Waals surface area contributed by atoms with Crippen LogP contribution in [0.1, 0.15) is 33.2 Å². The summed E-state index contributed by atoms with van der Waals surface area (Å²) in [7, 11) is 0. The van der Waals surface area contributed by atoms with Crippen LogP contribution in [0.15, 0.2) is 42.5 Å². The molecule has 1 amide bonds. The van der Waals surface area contributed by atoms with Gasteiger partial charge in [0.2, 0.25) is 0 Å². The van der Waals surface area contributed by atoms with Crippen molar-refractivity contribution in [2.24, 2.45) is 0 Å². The van der Waals surface area contributed by atoms with E-state index in [-0.39, 0.29) is 23.1 Å². The molecule has 0 heterocycles. The van der Waals surface area contributed by atoms with Crippen LogP contribution in [0.25, 0.3) is 0 Å². The Morgan fingerprint density at radius 3 is 2.50 bits per heavy atom. The largest absolute Gasteiger partial charge is 0.462 e. The molecule has 2 aromatic rings. The predicted octanol–water partition coefficient (Wildman–Crippen LogP) is 4.08. The number of carbonyl (C=O) groups is 2. The third kappa shape index (κ3) is 3.65. The SMILES string of the molecule is CCOC(=O)c1ccc(NC(=O)c2ccccc2C)cc1Cl. The monoisotopic (exact) mass is 317 g/mol. The Bertz CT molecular complexity index is 713. The average Bonchev–Trinajstić information content (AvgIpc) is 2.47. The summed E-state index contributed by atoms with van der Waals surface area (Å²) in [5, 5.41) is 3.00. The molecule has 0 radical (unpaired) electrons. The topological polar surface area (TPSA) is 55.4 Å². The zero-order valence-electron chi connectivity index (χ0n) is 12.4. The number of benzene rings is 2. The van der Waals surface area contributed by atoms with Crippen molar-refractivity contribution in [2.45, 2.75) is 13.8 Å². The molecular weight excluding hydrogens is 302 g/mol. The number of nitrogens with one attached hydrogen (secondary N) is 1. The lowest BCUT2D eigenvalue weighted by atomic mass is 10.1. The summed E-state index contributed by atoms with van der Waals surface area (Å²) < 4.78 is 4.90. The Morgan fingerprint density at radius 1 is 1.14 bits per heavy atom. The summed E-state index contributed by atoms with van der Waals surface area (Å²) in [6, 6.07) is 12.0. The van der Waals surface area contributed by atoms with E-state index < -0.39 is 5.97 Å². The Morgan fingerprint density at radius 2 is 1.86 bits per heavy atom. The first-order chi connectivity index (χ1) is 10.5. The maximum atomic E-state index is 12.2. The van der Waals surface area contributed by atoms with E-state index >= 15 is 0 Å². The molecule has 22 heavy (non-hydrogen) atoms. The number of ether oxygens (including phenoxy) is 1. The first kappa shape index (κ1) is 16.0. The number of hydrogen-bond donors (Lipinski definition) is 1. The van der Waals surface area contributed by atoms with Crippen molar-refractivity contribution in [2.75, 3.05) is 11.9 Å². The van der Waals surface area contributed by atoms with E-state index in [2.05, 4.69) is 5.32 Å². The second kappa shape index (κ2) is 7.09. The van der Waals surface area contributed by atoms with Crippen LogP contribution in [0.4, 0.5) is 5.69 Å². The maximum Gasteiger partial charge on any atom is 0.339 e. The van der Waals surface area contributed by atoms with Gasteiger partial charge in [-0.25, -0.2) is 4.79 Å². The van der Waals surface area contributed by atoms with Crippen molar-refractivity contribution in [1.82, 2.24) is 0 Å². The van der Waals surface area contributed by atoms with E-state index in [1.807, 2.05) is 19.1 Å². The molecule has 0 saturated carbocycles. The molecular formula is C17H16ClNO3. The van der Waals surface area contributed by atoms with E-state index in [4.69, 9.17) is 16.3 Å². The lowest BCUT2D eigenvalue weighted by molar-refractivity contribution is 0.0526. The van der Waals surface area contributed by atoms with E-state index in [0.717, 1.165) is 5.56 Å². The van der Waals surface area contributed by atoms with Crippen molar-refractivity contribution in [3.05, 3.63) is 64.2 Å². The molecule has 4 nitrogen and oxygen atoms in total. The van der Waals surface area contributed by atoms with E-state index in [1.165, 1.54) is 12.1 Å². The number of carbonyl (C=O) groups excluding carboxylic acids is 2. The summed E-state index contributed by atoms with van der Waals surface area (Å²) in [6.07, 6.45) is 0. The number of esters is 1. The van der Waals surface area contributed by atoms with Crippen LogP contribution in [0, 0.1) is 6.92 Å². The zero-order chi connectivity index (χ0) is 16.1. The van der Waals surface area contributed by atoms with Crippen LogP contribution in [0.5, 0.6) is 0 Å². The normalized spacial score (nSPS) is 10.1. The number of aryl methyl sites for hydroxylation is 1. The highest BCUT2D eigenvalue weighted by Crippen LogP contribution is 2.22. The van der Waals surface area contributed by atoms with Gasteiger partial charge in [-0.1, -0.05) is 29.8 Å². The Balaban J connectivity index is 2.18. The molecule has 1 N–H and O–H groups in total. The smallest absolute Gasteiger partial charge is 0.339 e. The van der Waals surface area contributed by atoms with E-state index in [9.17, 15) is 9.59 Å². The van der Waals surface area contributed by atoms with Gasteiger partial charge >= 0.3 is 5.97 Å². The van der Waals surface area contributed by atoms with Crippen LogP contribution in [0.3, 0.4) is 0 Å². The standard InChI is InChI=1S/C17H16ClNO3/c1-3-22-17(21)14-9-8-12(10-15(14)18)19-16(20)13-7-5-4-6-11(13)2/h4-10H,3H2,1-2H3,(H,19,20). The van der Waals surface area contributed by atoms with Gasteiger partial charge in [0.25, 0.3) is 5.91 Å². The number of rotatable bonds is 4. The zero-order valence-corrected chi connectivity index (χ0v) is 13.1. The molecule has 0 saturated heterocycles. The van der Waals surface area contributed by atoms with Crippen LogP contribution in [-0.2, 0) is 4.74 Å². The number of halogens is 1. The molecule has 2 rings (SSSR count). The third-order valence-electron chi connectivity index (χ3n) is 3.11. The Hall–Kier alpha value is -2.33.